The minimum Gasteiger partial charge on any atom is -0.486 e. The molecule has 0 amide bonds. The van der Waals surface area contributed by atoms with E-state index in [0.29, 0.717) is 19.8 Å². The summed E-state index contributed by atoms with van der Waals surface area (Å²) >= 11 is 0. The molecule has 0 fully saturated rings. The zero-order chi connectivity index (χ0) is 16.4. The van der Waals surface area contributed by atoms with Crippen molar-refractivity contribution in [1.82, 2.24) is 0 Å². The monoisotopic (exact) mass is 319 g/mol. The summed E-state index contributed by atoms with van der Waals surface area (Å²) in [4.78, 5) is 0. The second-order valence-corrected chi connectivity index (χ2v) is 6.18. The van der Waals surface area contributed by atoms with Gasteiger partial charge in [-0.2, -0.15) is 0 Å². The van der Waals surface area contributed by atoms with Gasteiger partial charge in [-0.05, 0) is 47.0 Å². The van der Waals surface area contributed by atoms with Gasteiger partial charge < -0.3 is 15.2 Å². The van der Waals surface area contributed by atoms with Crippen molar-refractivity contribution in [3.63, 3.8) is 0 Å². The van der Waals surface area contributed by atoms with E-state index >= 15 is 0 Å². The summed E-state index contributed by atoms with van der Waals surface area (Å²) in [6, 6.07) is 21.2. The van der Waals surface area contributed by atoms with Crippen LogP contribution in [0.2, 0.25) is 0 Å². The first kappa shape index (κ1) is 15.0. The molecule has 0 spiro atoms. The molecule has 1 unspecified atom stereocenters. The van der Waals surface area contributed by atoms with Crippen molar-refractivity contribution in [3.05, 3.63) is 71.8 Å². The van der Waals surface area contributed by atoms with Crippen molar-refractivity contribution in [2.45, 2.75) is 12.3 Å². The predicted octanol–water partition coefficient (Wildman–Crippen LogP) is 3.90. The minimum absolute atomic E-state index is 0.256. The molecule has 0 radical (unpaired) electrons. The van der Waals surface area contributed by atoms with Gasteiger partial charge in [0.15, 0.2) is 11.5 Å². The molecule has 3 nitrogen and oxygen atoms in total. The Morgan fingerprint density at radius 1 is 0.875 bits per heavy atom. The van der Waals surface area contributed by atoms with Gasteiger partial charge in [0.05, 0.1) is 0 Å². The number of rotatable bonds is 4. The Bertz CT molecular complexity index is 854. The summed E-state index contributed by atoms with van der Waals surface area (Å²) in [7, 11) is 0. The smallest absolute Gasteiger partial charge is 0.161 e. The van der Waals surface area contributed by atoms with Crippen LogP contribution in [0, 0.1) is 0 Å². The zero-order valence-electron chi connectivity index (χ0n) is 13.6. The van der Waals surface area contributed by atoms with Crippen LogP contribution in [0.3, 0.4) is 0 Å². The Balaban J connectivity index is 1.66. The SMILES string of the molecule is NCC(Cc1cccc2ccccc12)c1ccc2c(c1)OCCO2. The quantitative estimate of drug-likeness (QED) is 0.793. The van der Waals surface area contributed by atoms with Gasteiger partial charge in [0.25, 0.3) is 0 Å². The van der Waals surface area contributed by atoms with E-state index in [-0.39, 0.29) is 5.92 Å². The number of hydrogen-bond acceptors (Lipinski definition) is 3. The Hall–Kier alpha value is -2.52. The van der Waals surface area contributed by atoms with E-state index in [4.69, 9.17) is 15.2 Å². The van der Waals surface area contributed by atoms with Crippen LogP contribution in [0.5, 0.6) is 11.5 Å². The molecule has 0 aliphatic carbocycles. The van der Waals surface area contributed by atoms with E-state index in [1.807, 2.05) is 6.07 Å². The van der Waals surface area contributed by atoms with E-state index in [2.05, 4.69) is 54.6 Å². The van der Waals surface area contributed by atoms with Crippen LogP contribution in [0.15, 0.2) is 60.7 Å². The van der Waals surface area contributed by atoms with Gasteiger partial charge in [-0.3, -0.25) is 0 Å². The van der Waals surface area contributed by atoms with Crippen molar-refractivity contribution < 1.29 is 9.47 Å². The van der Waals surface area contributed by atoms with Crippen LogP contribution in [0.25, 0.3) is 10.8 Å². The third-order valence-corrected chi connectivity index (χ3v) is 4.67. The lowest BCUT2D eigenvalue weighted by Crippen LogP contribution is -2.18. The van der Waals surface area contributed by atoms with Crippen LogP contribution in [-0.4, -0.2) is 19.8 Å². The number of ether oxygens (including phenoxy) is 2. The lowest BCUT2D eigenvalue weighted by molar-refractivity contribution is 0.171. The number of fused-ring (bicyclic) bond motifs is 2. The molecule has 1 heterocycles. The van der Waals surface area contributed by atoms with Gasteiger partial charge in [-0.25, -0.2) is 0 Å². The summed E-state index contributed by atoms with van der Waals surface area (Å²) in [6.45, 7) is 1.82. The van der Waals surface area contributed by atoms with Crippen LogP contribution in [-0.2, 0) is 6.42 Å². The molecular weight excluding hydrogens is 298 g/mol. The molecular formula is C21H21NO2. The highest BCUT2D eigenvalue weighted by atomic mass is 16.6. The highest BCUT2D eigenvalue weighted by Crippen LogP contribution is 2.34. The van der Waals surface area contributed by atoms with Gasteiger partial charge in [0, 0.05) is 5.92 Å². The summed E-state index contributed by atoms with van der Waals surface area (Å²) < 4.78 is 11.3. The second kappa shape index (κ2) is 6.54. The second-order valence-electron chi connectivity index (χ2n) is 6.18. The fourth-order valence-electron chi connectivity index (χ4n) is 3.39. The van der Waals surface area contributed by atoms with E-state index in [0.717, 1.165) is 17.9 Å². The Kier molecular flexibility index (Phi) is 4.09. The standard InChI is InChI=1S/C21H21NO2/c22-14-18(16-8-9-20-21(13-16)24-11-10-23-20)12-17-6-3-5-15-4-1-2-7-19(15)17/h1-9,13,18H,10-12,14,22H2. The first-order valence-electron chi connectivity index (χ1n) is 8.41. The van der Waals surface area contributed by atoms with Gasteiger partial charge in [0.2, 0.25) is 0 Å². The maximum Gasteiger partial charge on any atom is 0.161 e. The van der Waals surface area contributed by atoms with E-state index in [9.17, 15) is 0 Å². The first-order valence-corrected chi connectivity index (χ1v) is 8.41. The summed E-state index contributed by atoms with van der Waals surface area (Å²) in [5.74, 6) is 1.91. The van der Waals surface area contributed by atoms with E-state index < -0.39 is 0 Å². The molecule has 4 rings (SSSR count). The molecule has 3 heteroatoms. The number of nitrogens with two attached hydrogens (primary N) is 1. The third kappa shape index (κ3) is 2.83. The van der Waals surface area contributed by atoms with E-state index in [1.165, 1.54) is 21.9 Å². The van der Waals surface area contributed by atoms with Gasteiger partial charge in [0.1, 0.15) is 13.2 Å². The number of benzene rings is 3. The van der Waals surface area contributed by atoms with Crippen molar-refractivity contribution in [3.8, 4) is 11.5 Å². The third-order valence-electron chi connectivity index (χ3n) is 4.67. The average Bonchev–Trinajstić information content (AvgIpc) is 2.66. The average molecular weight is 319 g/mol. The Labute approximate surface area is 142 Å². The molecule has 1 aliphatic heterocycles. The molecule has 0 bridgehead atoms. The van der Waals surface area contributed by atoms with Crippen LogP contribution in [0.4, 0.5) is 0 Å². The van der Waals surface area contributed by atoms with Crippen LogP contribution < -0.4 is 15.2 Å². The van der Waals surface area contributed by atoms with Crippen molar-refractivity contribution in [2.24, 2.45) is 5.73 Å². The summed E-state index contributed by atoms with van der Waals surface area (Å²) in [6.07, 6.45) is 0.914. The first-order chi connectivity index (χ1) is 11.8. The molecule has 1 aliphatic rings. The Morgan fingerprint density at radius 3 is 2.54 bits per heavy atom. The molecule has 2 N–H and O–H groups in total. The normalized spacial score (nSPS) is 14.5. The van der Waals surface area contributed by atoms with Crippen molar-refractivity contribution >= 4 is 10.8 Å². The maximum absolute atomic E-state index is 6.10. The molecule has 0 aromatic heterocycles. The minimum atomic E-state index is 0.256. The predicted molar refractivity (Wildman–Crippen MR) is 96.9 cm³/mol. The maximum atomic E-state index is 6.10. The van der Waals surface area contributed by atoms with Crippen molar-refractivity contribution in [2.75, 3.05) is 19.8 Å². The molecule has 0 saturated heterocycles. The highest BCUT2D eigenvalue weighted by molar-refractivity contribution is 5.85. The number of hydrogen-bond donors (Lipinski definition) is 1. The molecule has 3 aromatic rings. The van der Waals surface area contributed by atoms with Gasteiger partial charge >= 0.3 is 0 Å². The Morgan fingerprint density at radius 2 is 1.67 bits per heavy atom. The summed E-state index contributed by atoms with van der Waals surface area (Å²) in [5.41, 5.74) is 8.64. The van der Waals surface area contributed by atoms with Gasteiger partial charge in [-0.1, -0.05) is 48.5 Å². The van der Waals surface area contributed by atoms with E-state index in [1.54, 1.807) is 0 Å². The van der Waals surface area contributed by atoms with Crippen molar-refractivity contribution in [1.29, 1.82) is 0 Å². The van der Waals surface area contributed by atoms with Crippen LogP contribution >= 0.6 is 0 Å². The topological polar surface area (TPSA) is 44.5 Å². The molecule has 1 atom stereocenters. The lowest BCUT2D eigenvalue weighted by atomic mass is 9.89. The van der Waals surface area contributed by atoms with Crippen LogP contribution in [0.1, 0.15) is 17.0 Å². The highest BCUT2D eigenvalue weighted by Gasteiger charge is 2.17. The van der Waals surface area contributed by atoms with Gasteiger partial charge in [-0.15, -0.1) is 0 Å². The fraction of sp³-hybridized carbons (Fsp3) is 0.238. The molecule has 122 valence electrons. The zero-order valence-corrected chi connectivity index (χ0v) is 13.6. The largest absolute Gasteiger partial charge is 0.486 e. The fourth-order valence-corrected chi connectivity index (χ4v) is 3.39. The lowest BCUT2D eigenvalue weighted by Gasteiger charge is -2.22. The summed E-state index contributed by atoms with van der Waals surface area (Å²) in [5, 5.41) is 2.57. The molecule has 3 aromatic carbocycles. The molecule has 24 heavy (non-hydrogen) atoms. The molecule has 0 saturated carbocycles.